The summed E-state index contributed by atoms with van der Waals surface area (Å²) in [6.07, 6.45) is 2.38. The van der Waals surface area contributed by atoms with Gasteiger partial charge in [-0.2, -0.15) is 0 Å². The molecule has 1 aliphatic rings. The molecule has 6 nitrogen and oxygen atoms in total. The van der Waals surface area contributed by atoms with Crippen LogP contribution in [0.5, 0.6) is 5.75 Å². The van der Waals surface area contributed by atoms with Gasteiger partial charge in [-0.25, -0.2) is 0 Å². The summed E-state index contributed by atoms with van der Waals surface area (Å²) in [5.41, 5.74) is 0.604. The Bertz CT molecular complexity index is 596. The van der Waals surface area contributed by atoms with Crippen molar-refractivity contribution in [2.24, 2.45) is 5.92 Å². The summed E-state index contributed by atoms with van der Waals surface area (Å²) in [5.74, 6) is -0.693. The van der Waals surface area contributed by atoms with Gasteiger partial charge < -0.3 is 14.7 Å². The molecule has 1 aliphatic heterocycles. The van der Waals surface area contributed by atoms with Crippen LogP contribution in [0.1, 0.15) is 42.5 Å². The molecule has 0 saturated carbocycles. The Balaban J connectivity index is 1.77. The monoisotopic (exact) mass is 333 g/mol. The van der Waals surface area contributed by atoms with Crippen molar-refractivity contribution >= 4 is 17.7 Å². The van der Waals surface area contributed by atoms with Crippen molar-refractivity contribution in [3.8, 4) is 5.75 Å². The van der Waals surface area contributed by atoms with Gasteiger partial charge in [0.1, 0.15) is 5.75 Å². The van der Waals surface area contributed by atoms with E-state index in [0.717, 1.165) is 0 Å². The zero-order chi connectivity index (χ0) is 17.5. The summed E-state index contributed by atoms with van der Waals surface area (Å²) in [4.78, 5) is 36.9. The van der Waals surface area contributed by atoms with Crippen LogP contribution in [0.15, 0.2) is 24.3 Å². The number of benzene rings is 1. The van der Waals surface area contributed by atoms with Crippen LogP contribution in [-0.4, -0.2) is 47.9 Å². The van der Waals surface area contributed by atoms with Gasteiger partial charge in [-0.3, -0.25) is 14.4 Å². The number of ether oxygens (including phenoxy) is 1. The van der Waals surface area contributed by atoms with Crippen LogP contribution in [0.25, 0.3) is 0 Å². The number of methoxy groups -OCH3 is 1. The lowest BCUT2D eigenvalue weighted by atomic mass is 9.97. The summed E-state index contributed by atoms with van der Waals surface area (Å²) in [7, 11) is 1.57. The summed E-state index contributed by atoms with van der Waals surface area (Å²) in [5, 5.41) is 9.06. The molecule has 0 radical (unpaired) electrons. The first-order valence-corrected chi connectivity index (χ1v) is 8.19. The molecular formula is C18H23NO5. The predicted molar refractivity (Wildman–Crippen MR) is 88.1 cm³/mol. The third-order valence-corrected chi connectivity index (χ3v) is 4.33. The van der Waals surface area contributed by atoms with E-state index in [1.165, 1.54) is 0 Å². The number of hydrogen-bond donors (Lipinski definition) is 1. The van der Waals surface area contributed by atoms with Crippen molar-refractivity contribution in [3.63, 3.8) is 0 Å². The molecule has 2 rings (SSSR count). The SMILES string of the molecule is COc1ccc(C(=O)CCCC(=O)N2CCC[C@H](C(=O)O)C2)cc1. The molecule has 1 heterocycles. The molecule has 1 atom stereocenters. The number of carbonyl (C=O) groups is 3. The molecule has 1 aromatic rings. The van der Waals surface area contributed by atoms with E-state index in [0.29, 0.717) is 43.5 Å². The van der Waals surface area contributed by atoms with Crippen LogP contribution in [0.3, 0.4) is 0 Å². The molecular weight excluding hydrogens is 310 g/mol. The average molecular weight is 333 g/mol. The van der Waals surface area contributed by atoms with E-state index in [9.17, 15) is 14.4 Å². The maximum Gasteiger partial charge on any atom is 0.308 e. The predicted octanol–water partition coefficient (Wildman–Crippen LogP) is 2.37. The van der Waals surface area contributed by atoms with Crippen molar-refractivity contribution in [1.29, 1.82) is 0 Å². The Hall–Kier alpha value is -2.37. The number of hydrogen-bond acceptors (Lipinski definition) is 4. The maximum absolute atomic E-state index is 12.2. The molecule has 0 aliphatic carbocycles. The first-order valence-electron chi connectivity index (χ1n) is 8.19. The Labute approximate surface area is 141 Å². The molecule has 0 aromatic heterocycles. The molecule has 130 valence electrons. The number of rotatable bonds is 7. The third-order valence-electron chi connectivity index (χ3n) is 4.33. The molecule has 0 bridgehead atoms. The Morgan fingerprint density at radius 3 is 2.54 bits per heavy atom. The number of carbonyl (C=O) groups excluding carboxylic acids is 2. The lowest BCUT2D eigenvalue weighted by Gasteiger charge is -2.30. The van der Waals surface area contributed by atoms with Crippen LogP contribution in [0, 0.1) is 5.92 Å². The van der Waals surface area contributed by atoms with Crippen LogP contribution in [0.4, 0.5) is 0 Å². The third kappa shape index (κ3) is 4.81. The quantitative estimate of drug-likeness (QED) is 0.775. The zero-order valence-corrected chi connectivity index (χ0v) is 13.9. The minimum absolute atomic E-state index is 0.00694. The lowest BCUT2D eigenvalue weighted by Crippen LogP contribution is -2.42. The topological polar surface area (TPSA) is 83.9 Å². The van der Waals surface area contributed by atoms with Gasteiger partial charge in [0.2, 0.25) is 5.91 Å². The fourth-order valence-electron chi connectivity index (χ4n) is 2.88. The van der Waals surface area contributed by atoms with E-state index in [2.05, 4.69) is 0 Å². The molecule has 1 N–H and O–H groups in total. The van der Waals surface area contributed by atoms with Gasteiger partial charge in [-0.15, -0.1) is 0 Å². The number of carboxylic acid groups (broad SMARTS) is 1. The van der Waals surface area contributed by atoms with Gasteiger partial charge in [0.15, 0.2) is 5.78 Å². The Kier molecular flexibility index (Phi) is 6.35. The van der Waals surface area contributed by atoms with Crippen LogP contribution in [-0.2, 0) is 9.59 Å². The second-order valence-corrected chi connectivity index (χ2v) is 6.02. The summed E-state index contributed by atoms with van der Waals surface area (Å²) in [6, 6.07) is 6.90. The van der Waals surface area contributed by atoms with Gasteiger partial charge >= 0.3 is 5.97 Å². The van der Waals surface area contributed by atoms with Crippen molar-refractivity contribution in [1.82, 2.24) is 4.90 Å². The van der Waals surface area contributed by atoms with Crippen LogP contribution in [0.2, 0.25) is 0 Å². The average Bonchev–Trinajstić information content (AvgIpc) is 2.61. The standard InChI is InChI=1S/C18H23NO5/c1-24-15-9-7-13(8-10-15)16(20)5-2-6-17(21)19-11-3-4-14(12-19)18(22)23/h7-10,14H,2-6,11-12H2,1H3,(H,22,23)/t14-/m0/s1. The number of likely N-dealkylation sites (tertiary alicyclic amines) is 1. The molecule has 1 amide bonds. The normalized spacial score (nSPS) is 17.4. The van der Waals surface area contributed by atoms with Gasteiger partial charge in [0.05, 0.1) is 13.0 Å². The Morgan fingerprint density at radius 2 is 1.92 bits per heavy atom. The highest BCUT2D eigenvalue weighted by Crippen LogP contribution is 2.18. The lowest BCUT2D eigenvalue weighted by molar-refractivity contribution is -0.145. The van der Waals surface area contributed by atoms with E-state index in [-0.39, 0.29) is 24.7 Å². The number of Topliss-reactive ketones (excluding diaryl/α,β-unsaturated/α-hetero) is 1. The van der Waals surface area contributed by atoms with Gasteiger partial charge in [-0.1, -0.05) is 0 Å². The second-order valence-electron chi connectivity index (χ2n) is 6.02. The minimum Gasteiger partial charge on any atom is -0.497 e. The molecule has 6 heteroatoms. The van der Waals surface area contributed by atoms with Crippen molar-refractivity contribution in [3.05, 3.63) is 29.8 Å². The summed E-state index contributed by atoms with van der Waals surface area (Å²) < 4.78 is 5.05. The summed E-state index contributed by atoms with van der Waals surface area (Å²) >= 11 is 0. The van der Waals surface area contributed by atoms with Gasteiger partial charge in [0, 0.05) is 31.5 Å². The minimum atomic E-state index is -0.845. The number of nitrogens with zero attached hydrogens (tertiary/aromatic N) is 1. The second kappa shape index (κ2) is 8.47. The van der Waals surface area contributed by atoms with Gasteiger partial charge in [0.25, 0.3) is 0 Å². The summed E-state index contributed by atoms with van der Waals surface area (Å²) in [6.45, 7) is 0.885. The Morgan fingerprint density at radius 1 is 1.21 bits per heavy atom. The fourth-order valence-corrected chi connectivity index (χ4v) is 2.88. The molecule has 0 spiro atoms. The number of aliphatic carboxylic acids is 1. The van der Waals surface area contributed by atoms with Gasteiger partial charge in [-0.05, 0) is 43.5 Å². The van der Waals surface area contributed by atoms with Crippen molar-refractivity contribution < 1.29 is 24.2 Å². The maximum atomic E-state index is 12.2. The first kappa shape index (κ1) is 18.0. The van der Waals surface area contributed by atoms with Crippen molar-refractivity contribution in [2.45, 2.75) is 32.1 Å². The highest BCUT2D eigenvalue weighted by atomic mass is 16.5. The van der Waals surface area contributed by atoms with Crippen LogP contribution >= 0.6 is 0 Å². The largest absolute Gasteiger partial charge is 0.497 e. The first-order chi connectivity index (χ1) is 11.5. The molecule has 1 saturated heterocycles. The van der Waals surface area contributed by atoms with Crippen LogP contribution < -0.4 is 4.74 Å². The zero-order valence-electron chi connectivity index (χ0n) is 13.9. The highest BCUT2D eigenvalue weighted by molar-refractivity contribution is 5.96. The fraction of sp³-hybridized carbons (Fsp3) is 0.500. The van der Waals surface area contributed by atoms with E-state index >= 15 is 0 Å². The number of piperidine rings is 1. The van der Waals surface area contributed by atoms with Crippen molar-refractivity contribution in [2.75, 3.05) is 20.2 Å². The number of amides is 1. The van der Waals surface area contributed by atoms with E-state index in [4.69, 9.17) is 9.84 Å². The molecule has 1 aromatic carbocycles. The van der Waals surface area contributed by atoms with E-state index in [1.807, 2.05) is 0 Å². The molecule has 1 fully saturated rings. The molecule has 0 unspecified atom stereocenters. The van der Waals surface area contributed by atoms with E-state index in [1.54, 1.807) is 36.3 Å². The number of ketones is 1. The molecule has 24 heavy (non-hydrogen) atoms. The van der Waals surface area contributed by atoms with E-state index < -0.39 is 11.9 Å². The highest BCUT2D eigenvalue weighted by Gasteiger charge is 2.27. The smallest absolute Gasteiger partial charge is 0.308 e. The number of carboxylic acids is 1.